The summed E-state index contributed by atoms with van der Waals surface area (Å²) in [6.07, 6.45) is 44.9. The Labute approximate surface area is 346 Å². The molecule has 6 N–H and O–H groups in total. The van der Waals surface area contributed by atoms with Crippen LogP contribution in [0.3, 0.4) is 0 Å². The molecule has 0 aromatic carbocycles. The molecule has 1 fully saturated rings. The number of amides is 1. The Bertz CT molecular complexity index is 1160. The molecule has 1 heterocycles. The molecule has 1 rings (SSSR count). The average Bonchev–Trinajstić information content (AvgIpc) is 3.21. The molecule has 57 heavy (non-hydrogen) atoms. The molecule has 0 aromatic rings. The van der Waals surface area contributed by atoms with Gasteiger partial charge in [-0.2, -0.15) is 0 Å². The van der Waals surface area contributed by atoms with Crippen LogP contribution in [0.4, 0.5) is 0 Å². The summed E-state index contributed by atoms with van der Waals surface area (Å²) < 4.78 is 11.2. The van der Waals surface area contributed by atoms with Crippen LogP contribution in [0.25, 0.3) is 0 Å². The molecule has 7 atom stereocenters. The van der Waals surface area contributed by atoms with Crippen LogP contribution in [0.15, 0.2) is 85.1 Å². The molecular formula is C48H81NO8. The van der Waals surface area contributed by atoms with Crippen molar-refractivity contribution in [2.75, 3.05) is 13.2 Å². The third-order valence-electron chi connectivity index (χ3n) is 9.95. The van der Waals surface area contributed by atoms with E-state index in [4.69, 9.17) is 9.47 Å². The number of rotatable bonds is 35. The van der Waals surface area contributed by atoms with Crippen molar-refractivity contribution < 1.29 is 39.8 Å². The zero-order valence-electron chi connectivity index (χ0n) is 35.6. The second kappa shape index (κ2) is 37.6. The Morgan fingerprint density at radius 2 is 1.11 bits per heavy atom. The number of carbonyl (C=O) groups excluding carboxylic acids is 1. The van der Waals surface area contributed by atoms with E-state index in [1.54, 1.807) is 6.08 Å². The Kier molecular flexibility index (Phi) is 34.6. The first-order valence-corrected chi connectivity index (χ1v) is 22.3. The van der Waals surface area contributed by atoms with Gasteiger partial charge in [0.05, 0.1) is 25.4 Å². The van der Waals surface area contributed by atoms with Gasteiger partial charge in [0.25, 0.3) is 0 Å². The number of aliphatic hydroxyl groups excluding tert-OH is 5. The number of unbranched alkanes of at least 4 members (excludes halogenated alkanes) is 13. The molecule has 0 aromatic heterocycles. The third kappa shape index (κ3) is 28.4. The SMILES string of the molecule is CC/C=C\C/C=C\C/C=C\C/C=C\C/C=C\CCCC(=O)NC(COC1OC(CO)C(O)C(O)C1O)C(O)/C=C/CC/C=C/CCCCCCCCCCCCC. The van der Waals surface area contributed by atoms with Crippen LogP contribution in [0.5, 0.6) is 0 Å². The molecule has 9 heteroatoms. The number of hydrogen-bond donors (Lipinski definition) is 6. The summed E-state index contributed by atoms with van der Waals surface area (Å²) >= 11 is 0. The molecule has 0 spiro atoms. The molecule has 0 bridgehead atoms. The second-order valence-electron chi connectivity index (χ2n) is 15.1. The molecule has 1 saturated heterocycles. The first kappa shape index (κ1) is 52.4. The fourth-order valence-corrected chi connectivity index (χ4v) is 6.38. The summed E-state index contributed by atoms with van der Waals surface area (Å²) in [5.41, 5.74) is 0. The van der Waals surface area contributed by atoms with Crippen LogP contribution in [0.2, 0.25) is 0 Å². The summed E-state index contributed by atoms with van der Waals surface area (Å²) in [5.74, 6) is -0.248. The standard InChI is InChI=1S/C48H81NO8/c1-3-5-7-9-11-13-15-17-19-21-23-25-27-29-31-33-35-37-42(51)41(40-56-48-47(55)46(54)45(53)43(39-50)57-48)49-44(52)38-36-34-32-30-28-26-24-22-20-18-16-14-12-10-8-6-4-2/h6,8,12,14,18,20,24,26-27,29-30,32,35,37,41-43,45-48,50-51,53-55H,3-5,7,9-11,13,15-17,19,21-23,25,28,31,33-34,36,38-40H2,1-2H3,(H,49,52)/b8-6-,14-12-,20-18-,26-24-,29-27+,32-30-,37-35+. The number of hydrogen-bond acceptors (Lipinski definition) is 8. The van der Waals surface area contributed by atoms with Crippen molar-refractivity contribution >= 4 is 5.91 Å². The molecule has 326 valence electrons. The van der Waals surface area contributed by atoms with Crippen LogP contribution in [0.1, 0.15) is 155 Å². The van der Waals surface area contributed by atoms with Gasteiger partial charge in [-0.05, 0) is 70.6 Å². The Balaban J connectivity index is 2.46. The lowest BCUT2D eigenvalue weighted by atomic mass is 9.99. The summed E-state index contributed by atoms with van der Waals surface area (Å²) in [7, 11) is 0. The average molecular weight is 800 g/mol. The minimum Gasteiger partial charge on any atom is -0.394 e. The van der Waals surface area contributed by atoms with Gasteiger partial charge in [-0.15, -0.1) is 0 Å². The molecule has 1 aliphatic rings. The minimum atomic E-state index is -1.59. The van der Waals surface area contributed by atoms with Crippen molar-refractivity contribution in [1.82, 2.24) is 5.32 Å². The molecule has 7 unspecified atom stereocenters. The highest BCUT2D eigenvalue weighted by molar-refractivity contribution is 5.76. The molecular weight excluding hydrogens is 719 g/mol. The van der Waals surface area contributed by atoms with Crippen molar-refractivity contribution in [2.45, 2.75) is 198 Å². The third-order valence-corrected chi connectivity index (χ3v) is 9.95. The fraction of sp³-hybridized carbons (Fsp3) is 0.688. The predicted molar refractivity (Wildman–Crippen MR) is 235 cm³/mol. The van der Waals surface area contributed by atoms with Crippen molar-refractivity contribution in [2.24, 2.45) is 0 Å². The molecule has 0 aliphatic carbocycles. The Hall–Kier alpha value is -2.63. The molecule has 0 radical (unpaired) electrons. The number of carbonyl (C=O) groups is 1. The van der Waals surface area contributed by atoms with E-state index in [0.717, 1.165) is 57.8 Å². The topological polar surface area (TPSA) is 149 Å². The summed E-state index contributed by atoms with van der Waals surface area (Å²) in [6, 6.07) is -0.855. The number of allylic oxidation sites excluding steroid dienone is 13. The number of ether oxygens (including phenoxy) is 2. The maximum Gasteiger partial charge on any atom is 0.220 e. The molecule has 1 amide bonds. The van der Waals surface area contributed by atoms with Gasteiger partial charge in [0.2, 0.25) is 5.91 Å². The first-order valence-electron chi connectivity index (χ1n) is 22.3. The van der Waals surface area contributed by atoms with Gasteiger partial charge < -0.3 is 40.3 Å². The van der Waals surface area contributed by atoms with Gasteiger partial charge in [0.15, 0.2) is 6.29 Å². The lowest BCUT2D eigenvalue weighted by Crippen LogP contribution is -2.60. The lowest BCUT2D eigenvalue weighted by Gasteiger charge is -2.40. The maximum absolute atomic E-state index is 12.9. The van der Waals surface area contributed by atoms with Crippen molar-refractivity contribution in [3.8, 4) is 0 Å². The van der Waals surface area contributed by atoms with Crippen LogP contribution >= 0.6 is 0 Å². The van der Waals surface area contributed by atoms with Crippen LogP contribution in [0, 0.1) is 0 Å². The largest absolute Gasteiger partial charge is 0.394 e. The van der Waals surface area contributed by atoms with Crippen molar-refractivity contribution in [3.63, 3.8) is 0 Å². The quantitative estimate of drug-likeness (QED) is 0.0275. The number of aliphatic hydroxyl groups is 5. The summed E-state index contributed by atoms with van der Waals surface area (Å²) in [5, 5.41) is 54.1. The van der Waals surface area contributed by atoms with E-state index < -0.39 is 49.5 Å². The summed E-state index contributed by atoms with van der Waals surface area (Å²) in [4.78, 5) is 12.9. The molecule has 9 nitrogen and oxygen atoms in total. The van der Waals surface area contributed by atoms with Gasteiger partial charge in [-0.3, -0.25) is 4.79 Å². The van der Waals surface area contributed by atoms with Gasteiger partial charge in [0.1, 0.15) is 24.4 Å². The van der Waals surface area contributed by atoms with E-state index >= 15 is 0 Å². The predicted octanol–water partition coefficient (Wildman–Crippen LogP) is 9.16. The highest BCUT2D eigenvalue weighted by Crippen LogP contribution is 2.22. The zero-order chi connectivity index (χ0) is 41.6. The van der Waals surface area contributed by atoms with Crippen molar-refractivity contribution in [1.29, 1.82) is 0 Å². The Morgan fingerprint density at radius 1 is 0.614 bits per heavy atom. The monoisotopic (exact) mass is 800 g/mol. The van der Waals surface area contributed by atoms with Crippen LogP contribution in [-0.4, -0.2) is 87.5 Å². The maximum atomic E-state index is 12.9. The van der Waals surface area contributed by atoms with E-state index in [9.17, 15) is 30.3 Å². The van der Waals surface area contributed by atoms with E-state index in [2.05, 4.69) is 92.1 Å². The van der Waals surface area contributed by atoms with Gasteiger partial charge in [-0.1, -0.05) is 163 Å². The van der Waals surface area contributed by atoms with Gasteiger partial charge in [0, 0.05) is 6.42 Å². The Morgan fingerprint density at radius 3 is 1.68 bits per heavy atom. The van der Waals surface area contributed by atoms with E-state index in [1.807, 2.05) is 6.08 Å². The smallest absolute Gasteiger partial charge is 0.220 e. The normalized spacial score (nSPS) is 21.8. The highest BCUT2D eigenvalue weighted by atomic mass is 16.7. The van der Waals surface area contributed by atoms with Gasteiger partial charge >= 0.3 is 0 Å². The number of nitrogens with one attached hydrogen (secondary N) is 1. The van der Waals surface area contributed by atoms with Crippen LogP contribution in [-0.2, 0) is 14.3 Å². The second-order valence-corrected chi connectivity index (χ2v) is 15.1. The van der Waals surface area contributed by atoms with E-state index in [0.29, 0.717) is 6.42 Å². The summed E-state index contributed by atoms with van der Waals surface area (Å²) in [6.45, 7) is 3.58. The molecule has 0 saturated carbocycles. The fourth-order valence-electron chi connectivity index (χ4n) is 6.38. The lowest BCUT2D eigenvalue weighted by molar-refractivity contribution is -0.302. The zero-order valence-corrected chi connectivity index (χ0v) is 35.6. The van der Waals surface area contributed by atoms with E-state index in [1.165, 1.54) is 70.6 Å². The van der Waals surface area contributed by atoms with E-state index in [-0.39, 0.29) is 18.9 Å². The van der Waals surface area contributed by atoms with Crippen molar-refractivity contribution in [3.05, 3.63) is 85.1 Å². The first-order chi connectivity index (χ1) is 27.8. The molecule has 1 aliphatic heterocycles. The van der Waals surface area contributed by atoms with Gasteiger partial charge in [-0.25, -0.2) is 0 Å². The van der Waals surface area contributed by atoms with Crippen LogP contribution < -0.4 is 5.32 Å². The highest BCUT2D eigenvalue weighted by Gasteiger charge is 2.44. The minimum absolute atomic E-state index is 0.229.